The summed E-state index contributed by atoms with van der Waals surface area (Å²) >= 11 is 0. The molecule has 4 nitrogen and oxygen atoms in total. The fraction of sp³-hybridized carbons (Fsp3) is 0.300. The van der Waals surface area contributed by atoms with Crippen molar-refractivity contribution >= 4 is 17.5 Å². The number of carbonyl (C=O) groups excluding carboxylic acids is 2. The molecule has 0 spiro atoms. The largest absolute Gasteiger partial charge is 0.352 e. The Kier molecular flexibility index (Phi) is 6.13. The number of para-hydroxylation sites is 1. The van der Waals surface area contributed by atoms with Crippen LogP contribution >= 0.6 is 0 Å². The van der Waals surface area contributed by atoms with Crippen molar-refractivity contribution in [3.05, 3.63) is 64.7 Å². The molecule has 0 heterocycles. The van der Waals surface area contributed by atoms with E-state index in [-0.39, 0.29) is 11.8 Å². The number of amides is 2. The van der Waals surface area contributed by atoms with Crippen LogP contribution in [0.25, 0.3) is 0 Å². The van der Waals surface area contributed by atoms with Gasteiger partial charge in [0.05, 0.1) is 0 Å². The lowest BCUT2D eigenvalue weighted by molar-refractivity contribution is 0.0953. The van der Waals surface area contributed by atoms with E-state index in [1.54, 1.807) is 24.3 Å². The third-order valence-electron chi connectivity index (χ3n) is 3.92. The van der Waals surface area contributed by atoms with Crippen molar-refractivity contribution in [1.82, 2.24) is 5.32 Å². The van der Waals surface area contributed by atoms with Gasteiger partial charge in [-0.25, -0.2) is 0 Å². The highest BCUT2D eigenvalue weighted by Gasteiger charge is 2.12. The first-order chi connectivity index (χ1) is 11.5. The molecule has 0 saturated heterocycles. The number of anilines is 1. The van der Waals surface area contributed by atoms with Crippen LogP contribution in [0.2, 0.25) is 0 Å². The molecule has 2 rings (SSSR count). The van der Waals surface area contributed by atoms with E-state index in [0.29, 0.717) is 17.7 Å². The summed E-state index contributed by atoms with van der Waals surface area (Å²) in [6, 6.07) is 12.7. The molecule has 2 N–H and O–H groups in total. The molecular formula is C20H24N2O2. The Morgan fingerprint density at radius 1 is 0.917 bits per heavy atom. The average molecular weight is 324 g/mol. The molecule has 0 saturated carbocycles. The number of aryl methyl sites for hydroxylation is 2. The molecule has 24 heavy (non-hydrogen) atoms. The van der Waals surface area contributed by atoms with Crippen molar-refractivity contribution in [2.45, 2.75) is 33.6 Å². The number of carbonyl (C=O) groups is 2. The van der Waals surface area contributed by atoms with Gasteiger partial charge < -0.3 is 10.6 Å². The quantitative estimate of drug-likeness (QED) is 0.786. The first kappa shape index (κ1) is 17.7. The summed E-state index contributed by atoms with van der Waals surface area (Å²) in [6.45, 7) is 6.64. The summed E-state index contributed by atoms with van der Waals surface area (Å²) in [6.07, 6.45) is 1.97. The topological polar surface area (TPSA) is 58.2 Å². The standard InChI is InChI=1S/C20H24N2O2/c1-4-5-12-21-19(23)16-10-7-11-17(13-16)20(24)22-18-14(2)8-6-9-15(18)3/h6-11,13H,4-5,12H2,1-3H3,(H,21,23)(H,22,24). The van der Waals surface area contributed by atoms with Gasteiger partial charge >= 0.3 is 0 Å². The number of benzene rings is 2. The van der Waals surface area contributed by atoms with Crippen LogP contribution in [0, 0.1) is 13.8 Å². The van der Waals surface area contributed by atoms with Crippen LogP contribution in [0.3, 0.4) is 0 Å². The fourth-order valence-electron chi connectivity index (χ4n) is 2.48. The van der Waals surface area contributed by atoms with Gasteiger partial charge in [-0.05, 0) is 49.6 Å². The first-order valence-electron chi connectivity index (χ1n) is 8.28. The van der Waals surface area contributed by atoms with E-state index in [9.17, 15) is 9.59 Å². The predicted molar refractivity (Wildman–Crippen MR) is 97.6 cm³/mol. The molecule has 0 aromatic heterocycles. The van der Waals surface area contributed by atoms with E-state index in [2.05, 4.69) is 17.6 Å². The highest BCUT2D eigenvalue weighted by molar-refractivity contribution is 6.06. The van der Waals surface area contributed by atoms with Crippen molar-refractivity contribution in [1.29, 1.82) is 0 Å². The van der Waals surface area contributed by atoms with E-state index < -0.39 is 0 Å². The van der Waals surface area contributed by atoms with Crippen molar-refractivity contribution in [2.75, 3.05) is 11.9 Å². The summed E-state index contributed by atoms with van der Waals surface area (Å²) < 4.78 is 0. The molecule has 0 atom stereocenters. The maximum absolute atomic E-state index is 12.5. The molecule has 0 aliphatic rings. The van der Waals surface area contributed by atoms with Crippen LogP contribution in [-0.4, -0.2) is 18.4 Å². The summed E-state index contributed by atoms with van der Waals surface area (Å²) in [5.74, 6) is -0.360. The van der Waals surface area contributed by atoms with Crippen LogP contribution in [0.1, 0.15) is 51.6 Å². The van der Waals surface area contributed by atoms with E-state index in [0.717, 1.165) is 29.7 Å². The molecular weight excluding hydrogens is 300 g/mol. The smallest absolute Gasteiger partial charge is 0.255 e. The Hall–Kier alpha value is -2.62. The predicted octanol–water partition coefficient (Wildman–Crippen LogP) is 4.09. The Bertz CT molecular complexity index is 718. The zero-order valence-corrected chi connectivity index (χ0v) is 14.5. The molecule has 0 aliphatic heterocycles. The second-order valence-electron chi connectivity index (χ2n) is 5.91. The highest BCUT2D eigenvalue weighted by atomic mass is 16.2. The van der Waals surface area contributed by atoms with Crippen LogP contribution in [0.5, 0.6) is 0 Å². The lowest BCUT2D eigenvalue weighted by Gasteiger charge is -2.12. The molecule has 2 amide bonds. The number of hydrogen-bond acceptors (Lipinski definition) is 2. The molecule has 0 radical (unpaired) electrons. The Labute approximate surface area is 143 Å². The zero-order valence-electron chi connectivity index (χ0n) is 14.5. The third kappa shape index (κ3) is 4.44. The van der Waals surface area contributed by atoms with Gasteiger partial charge in [-0.3, -0.25) is 9.59 Å². The van der Waals surface area contributed by atoms with Crippen molar-refractivity contribution in [2.24, 2.45) is 0 Å². The molecule has 2 aromatic carbocycles. The molecule has 0 bridgehead atoms. The first-order valence-corrected chi connectivity index (χ1v) is 8.28. The average Bonchev–Trinajstić information content (AvgIpc) is 2.58. The maximum atomic E-state index is 12.5. The van der Waals surface area contributed by atoms with Crippen LogP contribution in [-0.2, 0) is 0 Å². The molecule has 4 heteroatoms. The lowest BCUT2D eigenvalue weighted by Crippen LogP contribution is -2.24. The minimum Gasteiger partial charge on any atom is -0.352 e. The zero-order chi connectivity index (χ0) is 17.5. The minimum atomic E-state index is -0.212. The number of nitrogens with one attached hydrogen (secondary N) is 2. The van der Waals surface area contributed by atoms with Crippen LogP contribution < -0.4 is 10.6 Å². The van der Waals surface area contributed by atoms with Gasteiger partial charge in [0.15, 0.2) is 0 Å². The van der Waals surface area contributed by atoms with Gasteiger partial charge in [-0.1, -0.05) is 37.6 Å². The van der Waals surface area contributed by atoms with Crippen molar-refractivity contribution in [3.8, 4) is 0 Å². The van der Waals surface area contributed by atoms with E-state index in [4.69, 9.17) is 0 Å². The van der Waals surface area contributed by atoms with Crippen molar-refractivity contribution in [3.63, 3.8) is 0 Å². The monoisotopic (exact) mass is 324 g/mol. The fourth-order valence-corrected chi connectivity index (χ4v) is 2.48. The van der Waals surface area contributed by atoms with E-state index in [1.165, 1.54) is 0 Å². The Balaban J connectivity index is 2.13. The van der Waals surface area contributed by atoms with Crippen LogP contribution in [0.4, 0.5) is 5.69 Å². The second kappa shape index (κ2) is 8.29. The summed E-state index contributed by atoms with van der Waals surface area (Å²) in [5.41, 5.74) is 3.81. The molecule has 0 unspecified atom stereocenters. The number of rotatable bonds is 6. The van der Waals surface area contributed by atoms with E-state index in [1.807, 2.05) is 32.0 Å². The number of unbranched alkanes of at least 4 members (excludes halogenated alkanes) is 1. The van der Waals surface area contributed by atoms with Crippen LogP contribution in [0.15, 0.2) is 42.5 Å². The summed E-state index contributed by atoms with van der Waals surface area (Å²) in [4.78, 5) is 24.6. The second-order valence-corrected chi connectivity index (χ2v) is 5.91. The van der Waals surface area contributed by atoms with E-state index >= 15 is 0 Å². The van der Waals surface area contributed by atoms with Crippen molar-refractivity contribution < 1.29 is 9.59 Å². The molecule has 0 fully saturated rings. The van der Waals surface area contributed by atoms with Gasteiger partial charge in [0.1, 0.15) is 0 Å². The van der Waals surface area contributed by atoms with Gasteiger partial charge in [-0.2, -0.15) is 0 Å². The summed E-state index contributed by atoms with van der Waals surface area (Å²) in [7, 11) is 0. The third-order valence-corrected chi connectivity index (χ3v) is 3.92. The maximum Gasteiger partial charge on any atom is 0.255 e. The van der Waals surface area contributed by atoms with Gasteiger partial charge in [-0.15, -0.1) is 0 Å². The van der Waals surface area contributed by atoms with Gasteiger partial charge in [0.2, 0.25) is 0 Å². The Morgan fingerprint density at radius 2 is 1.50 bits per heavy atom. The SMILES string of the molecule is CCCCNC(=O)c1cccc(C(=O)Nc2c(C)cccc2C)c1. The minimum absolute atomic E-state index is 0.148. The molecule has 2 aromatic rings. The normalized spacial score (nSPS) is 10.3. The van der Waals surface area contributed by atoms with Gasteiger partial charge in [0.25, 0.3) is 11.8 Å². The summed E-state index contributed by atoms with van der Waals surface area (Å²) in [5, 5.41) is 5.81. The van der Waals surface area contributed by atoms with Gasteiger partial charge in [0, 0.05) is 23.4 Å². The Morgan fingerprint density at radius 3 is 2.12 bits per heavy atom. The lowest BCUT2D eigenvalue weighted by atomic mass is 10.1. The highest BCUT2D eigenvalue weighted by Crippen LogP contribution is 2.20. The molecule has 0 aliphatic carbocycles. The molecule has 126 valence electrons. The number of hydrogen-bond donors (Lipinski definition) is 2.